The SMILES string of the molecule is CCCOc1cccc(C(O)C(C)CCC)c1. The summed E-state index contributed by atoms with van der Waals surface area (Å²) >= 11 is 0. The molecule has 0 heterocycles. The molecule has 0 aromatic heterocycles. The molecule has 1 aromatic carbocycles. The van der Waals surface area contributed by atoms with Gasteiger partial charge in [-0.1, -0.05) is 39.3 Å². The largest absolute Gasteiger partial charge is 0.494 e. The van der Waals surface area contributed by atoms with E-state index in [1.54, 1.807) is 0 Å². The number of rotatable bonds is 7. The van der Waals surface area contributed by atoms with Crippen molar-refractivity contribution in [1.82, 2.24) is 0 Å². The second-order valence-electron chi connectivity index (χ2n) is 4.63. The van der Waals surface area contributed by atoms with E-state index >= 15 is 0 Å². The van der Waals surface area contributed by atoms with Crippen molar-refractivity contribution in [3.05, 3.63) is 29.8 Å². The molecule has 0 radical (unpaired) electrons. The van der Waals surface area contributed by atoms with Crippen molar-refractivity contribution in [1.29, 1.82) is 0 Å². The van der Waals surface area contributed by atoms with Crippen LogP contribution in [0.5, 0.6) is 5.75 Å². The van der Waals surface area contributed by atoms with E-state index in [0.29, 0.717) is 5.92 Å². The van der Waals surface area contributed by atoms with E-state index in [1.165, 1.54) is 0 Å². The van der Waals surface area contributed by atoms with Crippen LogP contribution in [0.4, 0.5) is 0 Å². The molecule has 0 bridgehead atoms. The minimum absolute atomic E-state index is 0.293. The second kappa shape index (κ2) is 7.33. The highest BCUT2D eigenvalue weighted by molar-refractivity contribution is 5.30. The van der Waals surface area contributed by atoms with Gasteiger partial charge in [0.15, 0.2) is 0 Å². The molecule has 0 aliphatic carbocycles. The van der Waals surface area contributed by atoms with Crippen LogP contribution in [0.25, 0.3) is 0 Å². The first kappa shape index (κ1) is 14.0. The van der Waals surface area contributed by atoms with Crippen molar-refractivity contribution in [2.75, 3.05) is 6.61 Å². The predicted molar refractivity (Wildman–Crippen MR) is 71.3 cm³/mol. The Morgan fingerprint density at radius 3 is 2.65 bits per heavy atom. The van der Waals surface area contributed by atoms with Crippen molar-refractivity contribution in [3.8, 4) is 5.75 Å². The average molecular weight is 236 g/mol. The van der Waals surface area contributed by atoms with Crippen LogP contribution in [0.15, 0.2) is 24.3 Å². The number of benzene rings is 1. The first-order valence-corrected chi connectivity index (χ1v) is 6.59. The molecule has 1 N–H and O–H groups in total. The molecule has 0 aliphatic rings. The Balaban J connectivity index is 2.69. The smallest absolute Gasteiger partial charge is 0.119 e. The molecule has 96 valence electrons. The molecule has 2 atom stereocenters. The van der Waals surface area contributed by atoms with E-state index in [2.05, 4.69) is 20.8 Å². The van der Waals surface area contributed by atoms with Crippen molar-refractivity contribution in [3.63, 3.8) is 0 Å². The molecule has 1 aromatic rings. The van der Waals surface area contributed by atoms with Crippen LogP contribution in [-0.2, 0) is 0 Å². The summed E-state index contributed by atoms with van der Waals surface area (Å²) < 4.78 is 5.57. The van der Waals surface area contributed by atoms with Gasteiger partial charge in [-0.3, -0.25) is 0 Å². The third kappa shape index (κ3) is 4.39. The molecule has 0 aliphatic heterocycles. The van der Waals surface area contributed by atoms with E-state index in [-0.39, 0.29) is 6.10 Å². The predicted octanol–water partition coefficient (Wildman–Crippen LogP) is 3.95. The molecule has 0 fully saturated rings. The fraction of sp³-hybridized carbons (Fsp3) is 0.600. The van der Waals surface area contributed by atoms with Crippen LogP contribution >= 0.6 is 0 Å². The van der Waals surface area contributed by atoms with Crippen molar-refractivity contribution in [2.24, 2.45) is 5.92 Å². The lowest BCUT2D eigenvalue weighted by Crippen LogP contribution is -2.09. The average Bonchev–Trinajstić information content (AvgIpc) is 2.36. The highest BCUT2D eigenvalue weighted by Crippen LogP contribution is 2.27. The maximum atomic E-state index is 10.2. The number of aliphatic hydroxyl groups is 1. The minimum Gasteiger partial charge on any atom is -0.494 e. The number of hydrogen-bond donors (Lipinski definition) is 1. The molecule has 0 spiro atoms. The highest BCUT2D eigenvalue weighted by atomic mass is 16.5. The Bertz CT molecular complexity index is 322. The molecule has 2 unspecified atom stereocenters. The van der Waals surface area contributed by atoms with Gasteiger partial charge in [-0.2, -0.15) is 0 Å². The normalized spacial score (nSPS) is 14.4. The first-order valence-electron chi connectivity index (χ1n) is 6.59. The highest BCUT2D eigenvalue weighted by Gasteiger charge is 2.15. The van der Waals surface area contributed by atoms with Crippen LogP contribution in [-0.4, -0.2) is 11.7 Å². The van der Waals surface area contributed by atoms with Crippen LogP contribution < -0.4 is 4.74 Å². The molecular weight excluding hydrogens is 212 g/mol. The maximum Gasteiger partial charge on any atom is 0.119 e. The lowest BCUT2D eigenvalue weighted by atomic mass is 9.93. The molecule has 2 nitrogen and oxygen atoms in total. The third-order valence-electron chi connectivity index (χ3n) is 2.96. The quantitative estimate of drug-likeness (QED) is 0.777. The summed E-state index contributed by atoms with van der Waals surface area (Å²) in [5.41, 5.74) is 0.958. The summed E-state index contributed by atoms with van der Waals surface area (Å²) in [5, 5.41) is 10.2. The van der Waals surface area contributed by atoms with Gasteiger partial charge in [-0.25, -0.2) is 0 Å². The summed E-state index contributed by atoms with van der Waals surface area (Å²) in [4.78, 5) is 0. The van der Waals surface area contributed by atoms with Gasteiger partial charge >= 0.3 is 0 Å². The number of hydrogen-bond acceptors (Lipinski definition) is 2. The Hall–Kier alpha value is -1.02. The van der Waals surface area contributed by atoms with E-state index in [9.17, 15) is 5.11 Å². The fourth-order valence-electron chi connectivity index (χ4n) is 1.95. The molecule has 0 saturated carbocycles. The van der Waals surface area contributed by atoms with Gasteiger partial charge in [-0.05, 0) is 36.5 Å². The minimum atomic E-state index is -0.389. The zero-order valence-corrected chi connectivity index (χ0v) is 11.1. The number of ether oxygens (including phenoxy) is 1. The van der Waals surface area contributed by atoms with Gasteiger partial charge in [0, 0.05) is 0 Å². The standard InChI is InChI=1S/C15H24O2/c1-4-7-12(3)15(16)13-8-6-9-14(11-13)17-10-5-2/h6,8-9,11-12,15-16H,4-5,7,10H2,1-3H3. The molecule has 0 amide bonds. The molecule has 0 saturated heterocycles. The van der Waals surface area contributed by atoms with E-state index in [0.717, 1.165) is 37.2 Å². The van der Waals surface area contributed by atoms with Gasteiger partial charge in [0.25, 0.3) is 0 Å². The van der Waals surface area contributed by atoms with E-state index < -0.39 is 0 Å². The summed E-state index contributed by atoms with van der Waals surface area (Å²) in [6.45, 7) is 7.05. The van der Waals surface area contributed by atoms with Crippen LogP contribution in [0.3, 0.4) is 0 Å². The summed E-state index contributed by atoms with van der Waals surface area (Å²) in [5.74, 6) is 1.15. The Kier molecular flexibility index (Phi) is 6.06. The van der Waals surface area contributed by atoms with Crippen molar-refractivity contribution < 1.29 is 9.84 Å². The molecular formula is C15H24O2. The molecule has 1 rings (SSSR count). The van der Waals surface area contributed by atoms with Crippen LogP contribution in [0, 0.1) is 5.92 Å². The summed E-state index contributed by atoms with van der Waals surface area (Å²) in [6, 6.07) is 7.81. The van der Waals surface area contributed by atoms with Crippen molar-refractivity contribution >= 4 is 0 Å². The van der Waals surface area contributed by atoms with Gasteiger partial charge in [-0.15, -0.1) is 0 Å². The van der Waals surface area contributed by atoms with Gasteiger partial charge in [0.05, 0.1) is 12.7 Å². The fourth-order valence-corrected chi connectivity index (χ4v) is 1.95. The Morgan fingerprint density at radius 1 is 1.24 bits per heavy atom. The first-order chi connectivity index (χ1) is 8.19. The monoisotopic (exact) mass is 236 g/mol. The van der Waals surface area contributed by atoms with Gasteiger partial charge in [0.1, 0.15) is 5.75 Å². The molecule has 17 heavy (non-hydrogen) atoms. The van der Waals surface area contributed by atoms with Gasteiger partial charge in [0.2, 0.25) is 0 Å². The second-order valence-corrected chi connectivity index (χ2v) is 4.63. The third-order valence-corrected chi connectivity index (χ3v) is 2.96. The topological polar surface area (TPSA) is 29.5 Å². The Labute approximate surface area is 105 Å². The zero-order chi connectivity index (χ0) is 12.7. The van der Waals surface area contributed by atoms with Crippen LogP contribution in [0.2, 0.25) is 0 Å². The summed E-state index contributed by atoms with van der Waals surface area (Å²) in [6.07, 6.45) is 2.75. The molecule has 2 heteroatoms. The van der Waals surface area contributed by atoms with Gasteiger partial charge < -0.3 is 9.84 Å². The van der Waals surface area contributed by atoms with E-state index in [4.69, 9.17) is 4.74 Å². The lowest BCUT2D eigenvalue weighted by Gasteiger charge is -2.19. The lowest BCUT2D eigenvalue weighted by molar-refractivity contribution is 0.112. The zero-order valence-electron chi connectivity index (χ0n) is 11.1. The van der Waals surface area contributed by atoms with Crippen LogP contribution in [0.1, 0.15) is 51.7 Å². The van der Waals surface area contributed by atoms with E-state index in [1.807, 2.05) is 24.3 Å². The number of aliphatic hydroxyl groups excluding tert-OH is 1. The van der Waals surface area contributed by atoms with Crippen molar-refractivity contribution in [2.45, 2.75) is 46.1 Å². The maximum absolute atomic E-state index is 10.2. The summed E-state index contributed by atoms with van der Waals surface area (Å²) in [7, 11) is 0. The Morgan fingerprint density at radius 2 is 2.00 bits per heavy atom.